The van der Waals surface area contributed by atoms with Crippen LogP contribution in [0.4, 0.5) is 13.9 Å². The molecule has 1 amide bonds. The van der Waals surface area contributed by atoms with Gasteiger partial charge in [-0.05, 0) is 13.3 Å². The topological polar surface area (TPSA) is 36.4 Å². The molecule has 2 aliphatic heterocycles. The Morgan fingerprint density at radius 2 is 2.10 bits per heavy atom. The fourth-order valence-electron chi connectivity index (χ4n) is 2.93. The molecule has 1 aromatic heterocycles. The van der Waals surface area contributed by atoms with E-state index in [1.165, 1.54) is 0 Å². The van der Waals surface area contributed by atoms with Gasteiger partial charge in [0.25, 0.3) is 5.92 Å². The highest BCUT2D eigenvalue weighted by Crippen LogP contribution is 2.31. The highest BCUT2D eigenvalue weighted by atomic mass is 32.1. The molecular weight excluding hydrogens is 296 g/mol. The van der Waals surface area contributed by atoms with Crippen molar-refractivity contribution < 1.29 is 13.6 Å². The Kier molecular flexibility index (Phi) is 3.86. The number of carbonyl (C=O) groups is 1. The number of hydrogen-bond acceptors (Lipinski definition) is 4. The maximum Gasteiger partial charge on any atom is 0.251 e. The van der Waals surface area contributed by atoms with Crippen molar-refractivity contribution in [2.45, 2.75) is 32.1 Å². The Hall–Kier alpha value is -1.24. The van der Waals surface area contributed by atoms with Gasteiger partial charge in [0.1, 0.15) is 0 Å². The number of carbonyl (C=O) groups excluding carboxylic acids is 1. The number of halogens is 2. The second-order valence-corrected chi connectivity index (χ2v) is 6.72. The first-order valence-corrected chi connectivity index (χ1v) is 8.16. The quantitative estimate of drug-likeness (QED) is 0.841. The maximum absolute atomic E-state index is 13.2. The number of alkyl halides is 2. The van der Waals surface area contributed by atoms with Gasteiger partial charge in [-0.3, -0.25) is 4.79 Å². The second kappa shape index (κ2) is 5.51. The smallest absolute Gasteiger partial charge is 0.251 e. The van der Waals surface area contributed by atoms with Crippen molar-refractivity contribution in [2.24, 2.45) is 5.92 Å². The molecule has 2 fully saturated rings. The largest absolute Gasteiger partial charge is 0.347 e. The summed E-state index contributed by atoms with van der Waals surface area (Å²) >= 11 is 1.59. The Balaban J connectivity index is 1.57. The number of thiazole rings is 1. The van der Waals surface area contributed by atoms with E-state index in [0.717, 1.165) is 23.8 Å². The molecule has 0 spiro atoms. The van der Waals surface area contributed by atoms with E-state index in [9.17, 15) is 13.6 Å². The van der Waals surface area contributed by atoms with Gasteiger partial charge >= 0.3 is 0 Å². The van der Waals surface area contributed by atoms with E-state index < -0.39 is 5.92 Å². The zero-order valence-electron chi connectivity index (χ0n) is 12.0. The predicted molar refractivity (Wildman–Crippen MR) is 77.9 cm³/mol. The highest BCUT2D eigenvalue weighted by Gasteiger charge is 2.39. The van der Waals surface area contributed by atoms with Crippen molar-refractivity contribution in [1.82, 2.24) is 9.88 Å². The van der Waals surface area contributed by atoms with Gasteiger partial charge in [0, 0.05) is 44.4 Å². The van der Waals surface area contributed by atoms with Gasteiger partial charge in [-0.25, -0.2) is 13.8 Å². The molecule has 0 aromatic carbocycles. The zero-order chi connectivity index (χ0) is 15.0. The molecule has 116 valence electrons. The van der Waals surface area contributed by atoms with Crippen molar-refractivity contribution >= 4 is 22.4 Å². The van der Waals surface area contributed by atoms with Crippen LogP contribution in [0.1, 0.15) is 25.0 Å². The predicted octanol–water partition coefficient (Wildman–Crippen LogP) is 2.54. The molecular formula is C14H19F2N3OS. The molecule has 0 N–H and O–H groups in total. The number of anilines is 1. The average molecular weight is 315 g/mol. The molecule has 1 aromatic rings. The van der Waals surface area contributed by atoms with Gasteiger partial charge in [0.2, 0.25) is 5.91 Å². The molecule has 2 saturated heterocycles. The first-order chi connectivity index (χ1) is 9.94. The van der Waals surface area contributed by atoms with Crippen LogP contribution in [0.2, 0.25) is 0 Å². The summed E-state index contributed by atoms with van der Waals surface area (Å²) in [7, 11) is 0. The Bertz CT molecular complexity index is 524. The van der Waals surface area contributed by atoms with E-state index >= 15 is 0 Å². The molecule has 0 saturated carbocycles. The number of rotatable bonds is 2. The molecule has 0 radical (unpaired) electrons. The molecule has 4 nitrogen and oxygen atoms in total. The minimum absolute atomic E-state index is 0.0290. The van der Waals surface area contributed by atoms with E-state index in [1.54, 1.807) is 16.2 Å². The SMILES string of the molecule is Cc1csc(N2CCC(C(=O)N3CCC(F)(F)CC3)C2)n1. The van der Waals surface area contributed by atoms with Crippen LogP contribution in [0.5, 0.6) is 0 Å². The summed E-state index contributed by atoms with van der Waals surface area (Å²) in [6.07, 6.45) is 0.367. The lowest BCUT2D eigenvalue weighted by Crippen LogP contribution is -2.45. The minimum atomic E-state index is -2.60. The zero-order valence-corrected chi connectivity index (χ0v) is 12.8. The summed E-state index contributed by atoms with van der Waals surface area (Å²) in [6.45, 7) is 3.77. The van der Waals surface area contributed by atoms with Crippen LogP contribution in [0.15, 0.2) is 5.38 Å². The van der Waals surface area contributed by atoms with E-state index in [2.05, 4.69) is 9.88 Å². The van der Waals surface area contributed by atoms with Crippen LogP contribution in [-0.2, 0) is 4.79 Å². The minimum Gasteiger partial charge on any atom is -0.347 e. The van der Waals surface area contributed by atoms with Crippen LogP contribution >= 0.6 is 11.3 Å². The third-order valence-corrected chi connectivity index (χ3v) is 5.24. The van der Waals surface area contributed by atoms with Gasteiger partial charge in [0.05, 0.1) is 11.6 Å². The summed E-state index contributed by atoms with van der Waals surface area (Å²) in [5.74, 6) is -2.65. The Morgan fingerprint density at radius 3 is 2.71 bits per heavy atom. The lowest BCUT2D eigenvalue weighted by Gasteiger charge is -2.33. The second-order valence-electron chi connectivity index (χ2n) is 5.88. The van der Waals surface area contributed by atoms with E-state index in [-0.39, 0.29) is 37.8 Å². The Labute approximate surface area is 126 Å². The van der Waals surface area contributed by atoms with Crippen molar-refractivity contribution in [3.8, 4) is 0 Å². The lowest BCUT2D eigenvalue weighted by atomic mass is 10.0. The normalized spacial score (nSPS) is 25.4. The fourth-order valence-corrected chi connectivity index (χ4v) is 3.78. The Morgan fingerprint density at radius 1 is 1.38 bits per heavy atom. The molecule has 7 heteroatoms. The molecule has 1 atom stereocenters. The highest BCUT2D eigenvalue weighted by molar-refractivity contribution is 7.13. The first kappa shape index (κ1) is 14.7. The molecule has 0 aliphatic carbocycles. The van der Waals surface area contributed by atoms with Gasteiger partial charge in [0.15, 0.2) is 5.13 Å². The van der Waals surface area contributed by atoms with E-state index in [4.69, 9.17) is 0 Å². The monoisotopic (exact) mass is 315 g/mol. The molecule has 21 heavy (non-hydrogen) atoms. The molecule has 0 bridgehead atoms. The number of amides is 1. The molecule has 3 rings (SSSR count). The van der Waals surface area contributed by atoms with E-state index in [1.807, 2.05) is 12.3 Å². The summed E-state index contributed by atoms with van der Waals surface area (Å²) < 4.78 is 26.3. The van der Waals surface area contributed by atoms with Crippen LogP contribution in [0.25, 0.3) is 0 Å². The standard InChI is InChI=1S/C14H19F2N3OS/c1-10-9-21-13(17-10)19-5-2-11(8-19)12(20)18-6-3-14(15,16)4-7-18/h9,11H,2-8H2,1H3. The summed E-state index contributed by atoms with van der Waals surface area (Å²) in [5.41, 5.74) is 0.989. The van der Waals surface area contributed by atoms with E-state index in [0.29, 0.717) is 6.54 Å². The van der Waals surface area contributed by atoms with Gasteiger partial charge in [-0.2, -0.15) is 0 Å². The third kappa shape index (κ3) is 3.17. The number of likely N-dealkylation sites (tertiary alicyclic amines) is 1. The van der Waals surface area contributed by atoms with Crippen LogP contribution in [0.3, 0.4) is 0 Å². The average Bonchev–Trinajstić information content (AvgIpc) is 3.06. The number of piperidine rings is 1. The number of hydrogen-bond donors (Lipinski definition) is 0. The van der Waals surface area contributed by atoms with Gasteiger partial charge in [-0.15, -0.1) is 11.3 Å². The van der Waals surface area contributed by atoms with Crippen LogP contribution < -0.4 is 4.90 Å². The summed E-state index contributed by atoms with van der Waals surface area (Å²) in [4.78, 5) is 20.6. The fraction of sp³-hybridized carbons (Fsp3) is 0.714. The maximum atomic E-state index is 13.2. The molecule has 3 heterocycles. The number of aromatic nitrogens is 1. The summed E-state index contributed by atoms with van der Waals surface area (Å²) in [5, 5.41) is 2.95. The van der Waals surface area contributed by atoms with Crippen molar-refractivity contribution in [3.63, 3.8) is 0 Å². The summed E-state index contributed by atoms with van der Waals surface area (Å²) in [6, 6.07) is 0. The third-order valence-electron chi connectivity index (χ3n) is 4.22. The van der Waals surface area contributed by atoms with Crippen molar-refractivity contribution in [3.05, 3.63) is 11.1 Å². The first-order valence-electron chi connectivity index (χ1n) is 7.28. The lowest BCUT2D eigenvalue weighted by molar-refractivity contribution is -0.140. The number of aryl methyl sites for hydroxylation is 1. The molecule has 2 aliphatic rings. The van der Waals surface area contributed by atoms with Crippen LogP contribution in [-0.4, -0.2) is 47.9 Å². The van der Waals surface area contributed by atoms with Gasteiger partial charge < -0.3 is 9.80 Å². The number of nitrogens with zero attached hydrogens (tertiary/aromatic N) is 3. The van der Waals surface area contributed by atoms with Crippen LogP contribution in [0, 0.1) is 12.8 Å². The van der Waals surface area contributed by atoms with Gasteiger partial charge in [-0.1, -0.05) is 0 Å². The van der Waals surface area contributed by atoms with Crippen molar-refractivity contribution in [1.29, 1.82) is 0 Å². The van der Waals surface area contributed by atoms with Crippen molar-refractivity contribution in [2.75, 3.05) is 31.1 Å². The molecule has 1 unspecified atom stereocenters.